The van der Waals surface area contributed by atoms with Crippen molar-refractivity contribution in [2.75, 3.05) is 0 Å². The molecule has 1 aromatic carbocycles. The van der Waals surface area contributed by atoms with Crippen LogP contribution in [0.2, 0.25) is 5.22 Å². The number of aryl methyl sites for hydroxylation is 2. The summed E-state index contributed by atoms with van der Waals surface area (Å²) in [7, 11) is 0. The Morgan fingerprint density at radius 2 is 2.05 bits per heavy atom. The van der Waals surface area contributed by atoms with Gasteiger partial charge in [-0.15, -0.1) is 0 Å². The summed E-state index contributed by atoms with van der Waals surface area (Å²) in [6, 6.07) is 9.06. The molecule has 2 rings (SSSR count). The summed E-state index contributed by atoms with van der Waals surface area (Å²) in [5.74, 6) is -1.21. The van der Waals surface area contributed by atoms with Gasteiger partial charge in [0.1, 0.15) is 5.92 Å². The fourth-order valence-electron chi connectivity index (χ4n) is 1.85. The number of Topliss-reactive ketones (excluding diaryl/α,β-unsaturated/α-hetero) is 1. The molecule has 1 aromatic heterocycles. The van der Waals surface area contributed by atoms with Crippen LogP contribution in [0.5, 0.6) is 0 Å². The number of carbonyl (C=O) groups excluding carboxylic acids is 1. The van der Waals surface area contributed by atoms with E-state index in [4.69, 9.17) is 16.0 Å². The van der Waals surface area contributed by atoms with Gasteiger partial charge in [0.2, 0.25) is 5.22 Å². The van der Waals surface area contributed by atoms with Crippen molar-refractivity contribution < 1.29 is 9.21 Å². The number of ketones is 1. The highest BCUT2D eigenvalue weighted by atomic mass is 35.5. The van der Waals surface area contributed by atoms with Crippen molar-refractivity contribution in [3.8, 4) is 6.07 Å². The van der Waals surface area contributed by atoms with E-state index in [0.717, 1.165) is 11.1 Å². The first-order valence-electron chi connectivity index (χ1n) is 5.78. The molecule has 4 heteroatoms. The van der Waals surface area contributed by atoms with Gasteiger partial charge in [-0.3, -0.25) is 4.79 Å². The lowest BCUT2D eigenvalue weighted by Gasteiger charge is -2.09. The minimum absolute atomic E-state index is 0.0223. The first kappa shape index (κ1) is 13.4. The van der Waals surface area contributed by atoms with Crippen LogP contribution in [0.15, 0.2) is 34.9 Å². The van der Waals surface area contributed by atoms with Crippen LogP contribution in [-0.4, -0.2) is 5.78 Å². The first-order chi connectivity index (χ1) is 9.04. The number of furan rings is 1. The minimum atomic E-state index is -0.866. The van der Waals surface area contributed by atoms with Gasteiger partial charge in [0.15, 0.2) is 5.78 Å². The van der Waals surface area contributed by atoms with Gasteiger partial charge in [-0.1, -0.05) is 18.2 Å². The molecule has 0 saturated carbocycles. The molecular weight excluding hydrogens is 262 g/mol. The molecule has 0 saturated heterocycles. The number of nitrogens with zero attached hydrogens (tertiary/aromatic N) is 1. The molecule has 0 spiro atoms. The fourth-order valence-corrected chi connectivity index (χ4v) is 2.06. The van der Waals surface area contributed by atoms with Crippen LogP contribution in [0.25, 0.3) is 0 Å². The first-order valence-corrected chi connectivity index (χ1v) is 6.16. The van der Waals surface area contributed by atoms with Crippen LogP contribution < -0.4 is 0 Å². The standard InChI is InChI=1S/C15H12ClNO2/c1-9-3-4-11(7-10(9)2)13(8-17)14(18)12-5-6-19-15(12)16/h3-7,13H,1-2H3. The molecule has 1 atom stereocenters. The van der Waals surface area contributed by atoms with Crippen molar-refractivity contribution >= 4 is 17.4 Å². The second-order valence-corrected chi connectivity index (χ2v) is 4.72. The molecule has 0 amide bonds. The number of carbonyl (C=O) groups is 1. The smallest absolute Gasteiger partial charge is 0.203 e. The van der Waals surface area contributed by atoms with E-state index in [2.05, 4.69) is 0 Å². The van der Waals surface area contributed by atoms with Crippen LogP contribution in [0, 0.1) is 25.2 Å². The van der Waals surface area contributed by atoms with E-state index in [1.807, 2.05) is 32.0 Å². The number of hydrogen-bond acceptors (Lipinski definition) is 3. The van der Waals surface area contributed by atoms with E-state index in [1.54, 1.807) is 6.07 Å². The van der Waals surface area contributed by atoms with E-state index < -0.39 is 5.92 Å². The van der Waals surface area contributed by atoms with Crippen molar-refractivity contribution in [2.24, 2.45) is 0 Å². The molecule has 0 N–H and O–H groups in total. The maximum Gasteiger partial charge on any atom is 0.203 e. The van der Waals surface area contributed by atoms with Gasteiger partial charge < -0.3 is 4.42 Å². The second kappa shape index (κ2) is 5.29. The largest absolute Gasteiger partial charge is 0.452 e. The highest BCUT2D eigenvalue weighted by molar-refractivity contribution is 6.32. The third kappa shape index (κ3) is 2.54. The average Bonchev–Trinajstić information content (AvgIpc) is 2.80. The Morgan fingerprint density at radius 3 is 2.58 bits per heavy atom. The highest BCUT2D eigenvalue weighted by Gasteiger charge is 2.25. The predicted octanol–water partition coefficient (Wildman–Crippen LogP) is 4.04. The molecule has 0 radical (unpaired) electrons. The summed E-state index contributed by atoms with van der Waals surface area (Å²) in [6.07, 6.45) is 1.34. The van der Waals surface area contributed by atoms with Gasteiger partial charge in [-0.2, -0.15) is 5.26 Å². The average molecular weight is 274 g/mol. The Labute approximate surface area is 116 Å². The molecule has 0 aliphatic rings. The third-order valence-corrected chi connectivity index (χ3v) is 3.43. The van der Waals surface area contributed by atoms with Crippen LogP contribution in [0.3, 0.4) is 0 Å². The number of hydrogen-bond donors (Lipinski definition) is 0. The number of rotatable bonds is 3. The second-order valence-electron chi connectivity index (χ2n) is 4.38. The number of nitriles is 1. The fraction of sp³-hybridized carbons (Fsp3) is 0.200. The summed E-state index contributed by atoms with van der Waals surface area (Å²) in [6.45, 7) is 3.93. The Hall–Kier alpha value is -2.05. The van der Waals surface area contributed by atoms with Crippen molar-refractivity contribution in [1.29, 1.82) is 5.26 Å². The summed E-state index contributed by atoms with van der Waals surface area (Å²) in [5.41, 5.74) is 3.08. The van der Waals surface area contributed by atoms with Crippen molar-refractivity contribution in [3.05, 3.63) is 58.0 Å². The van der Waals surface area contributed by atoms with Gasteiger partial charge in [0.25, 0.3) is 0 Å². The molecule has 96 valence electrons. The highest BCUT2D eigenvalue weighted by Crippen LogP contribution is 2.26. The summed E-state index contributed by atoms with van der Waals surface area (Å²) in [5, 5.41) is 9.28. The lowest BCUT2D eigenvalue weighted by atomic mass is 9.91. The zero-order valence-corrected chi connectivity index (χ0v) is 11.4. The molecule has 1 heterocycles. The monoisotopic (exact) mass is 273 g/mol. The Kier molecular flexibility index (Phi) is 3.73. The van der Waals surface area contributed by atoms with Gasteiger partial charge in [-0.05, 0) is 48.2 Å². The molecule has 0 bridgehead atoms. The van der Waals surface area contributed by atoms with Crippen LogP contribution in [0.1, 0.15) is 33.0 Å². The lowest BCUT2D eigenvalue weighted by Crippen LogP contribution is -2.11. The SMILES string of the molecule is Cc1ccc(C(C#N)C(=O)c2ccoc2Cl)cc1C. The zero-order chi connectivity index (χ0) is 14.0. The van der Waals surface area contributed by atoms with E-state index in [-0.39, 0.29) is 16.6 Å². The topological polar surface area (TPSA) is 54.0 Å². The zero-order valence-electron chi connectivity index (χ0n) is 10.6. The molecule has 19 heavy (non-hydrogen) atoms. The van der Waals surface area contributed by atoms with E-state index >= 15 is 0 Å². The Bertz CT molecular complexity index is 667. The van der Waals surface area contributed by atoms with Crippen molar-refractivity contribution in [2.45, 2.75) is 19.8 Å². The summed E-state index contributed by atoms with van der Waals surface area (Å²) in [4.78, 5) is 12.3. The Balaban J connectivity index is 2.41. The van der Waals surface area contributed by atoms with Crippen LogP contribution >= 0.6 is 11.6 Å². The summed E-state index contributed by atoms with van der Waals surface area (Å²) < 4.78 is 4.89. The van der Waals surface area contributed by atoms with Crippen LogP contribution in [0.4, 0.5) is 0 Å². The van der Waals surface area contributed by atoms with E-state index in [0.29, 0.717) is 5.56 Å². The van der Waals surface area contributed by atoms with Crippen molar-refractivity contribution in [3.63, 3.8) is 0 Å². The van der Waals surface area contributed by atoms with Gasteiger partial charge in [0, 0.05) is 0 Å². The van der Waals surface area contributed by atoms with Gasteiger partial charge in [0.05, 0.1) is 17.9 Å². The number of benzene rings is 1. The van der Waals surface area contributed by atoms with Crippen LogP contribution in [-0.2, 0) is 0 Å². The van der Waals surface area contributed by atoms with Gasteiger partial charge >= 0.3 is 0 Å². The molecule has 0 fully saturated rings. The van der Waals surface area contributed by atoms with E-state index in [9.17, 15) is 10.1 Å². The molecular formula is C15H12ClNO2. The number of halogens is 1. The maximum atomic E-state index is 12.3. The summed E-state index contributed by atoms with van der Waals surface area (Å²) >= 11 is 5.78. The normalized spacial score (nSPS) is 11.9. The van der Waals surface area contributed by atoms with Crippen molar-refractivity contribution in [1.82, 2.24) is 0 Å². The molecule has 3 nitrogen and oxygen atoms in total. The maximum absolute atomic E-state index is 12.3. The Morgan fingerprint density at radius 1 is 1.32 bits per heavy atom. The lowest BCUT2D eigenvalue weighted by molar-refractivity contribution is 0.0978. The quantitative estimate of drug-likeness (QED) is 0.793. The molecule has 0 aliphatic heterocycles. The molecule has 2 aromatic rings. The van der Waals surface area contributed by atoms with Gasteiger partial charge in [-0.25, -0.2) is 0 Å². The predicted molar refractivity (Wildman–Crippen MR) is 72.3 cm³/mol. The minimum Gasteiger partial charge on any atom is -0.452 e. The molecule has 1 unspecified atom stereocenters. The van der Waals surface area contributed by atoms with E-state index in [1.165, 1.54) is 12.3 Å². The third-order valence-electron chi connectivity index (χ3n) is 3.14. The molecule has 0 aliphatic carbocycles.